The summed E-state index contributed by atoms with van der Waals surface area (Å²) in [7, 11) is -11.4. The third-order valence-corrected chi connectivity index (χ3v) is 6.18. The number of alkyl halides is 6. The molecule has 0 unspecified atom stereocenters. The van der Waals surface area contributed by atoms with Crippen LogP contribution in [-0.4, -0.2) is 37.7 Å². The second-order valence-corrected chi connectivity index (χ2v) is 9.41. The smallest absolute Gasteiger partial charge is 0.421 e. The number of hydrogen-bond acceptors (Lipinski definition) is 5. The molecule has 0 aliphatic heterocycles. The second kappa shape index (κ2) is 9.95. The highest BCUT2D eigenvalue weighted by Crippen LogP contribution is 2.36. The summed E-state index contributed by atoms with van der Waals surface area (Å²) in [5.74, 6) is 0. The Morgan fingerprint density at radius 3 is 1.87 bits per heavy atom. The number of rotatable bonds is 6. The second-order valence-electron chi connectivity index (χ2n) is 5.98. The van der Waals surface area contributed by atoms with Gasteiger partial charge in [0, 0.05) is 6.42 Å². The van der Waals surface area contributed by atoms with Crippen LogP contribution in [-0.2, 0) is 40.1 Å². The van der Waals surface area contributed by atoms with Crippen molar-refractivity contribution in [3.63, 3.8) is 0 Å². The molecule has 176 valence electrons. The maximum atomic E-state index is 11.4. The van der Waals surface area contributed by atoms with Crippen molar-refractivity contribution in [1.29, 1.82) is 0 Å². The van der Waals surface area contributed by atoms with Gasteiger partial charge in [-0.3, -0.25) is 0 Å². The minimum atomic E-state index is -6.72. The summed E-state index contributed by atoms with van der Waals surface area (Å²) in [6.45, 7) is 3.03. The molecular weight excluding hydrogens is 478 g/mol. The Morgan fingerprint density at radius 1 is 0.968 bits per heavy atom. The van der Waals surface area contributed by atoms with Crippen molar-refractivity contribution in [3.8, 4) is 0 Å². The minimum absolute atomic E-state index is 0.778. The fraction of sp³-hybridized carbons (Fsp3) is 0.467. The van der Waals surface area contributed by atoms with Gasteiger partial charge in [0.1, 0.15) is 13.6 Å². The summed E-state index contributed by atoms with van der Waals surface area (Å²) >= 11 is 0. The maximum absolute atomic E-state index is 11.4. The molecule has 0 spiro atoms. The van der Waals surface area contributed by atoms with E-state index in [1.54, 1.807) is 0 Å². The molecule has 0 N–H and O–H groups in total. The predicted molar refractivity (Wildman–Crippen MR) is 96.3 cm³/mol. The fourth-order valence-electron chi connectivity index (χ4n) is 2.06. The van der Waals surface area contributed by atoms with Crippen LogP contribution in [0.4, 0.5) is 26.3 Å². The minimum Gasteiger partial charge on any atom is -0.421 e. The molecule has 0 saturated heterocycles. The summed E-state index contributed by atoms with van der Waals surface area (Å²) in [4.78, 5) is 0. The van der Waals surface area contributed by atoms with Crippen LogP contribution < -0.4 is 4.68 Å². The maximum Gasteiger partial charge on any atom is 0.480 e. The van der Waals surface area contributed by atoms with Crippen molar-refractivity contribution in [2.24, 2.45) is 7.05 Å². The molecular formula is C15H18F6N4O4S2. The van der Waals surface area contributed by atoms with Gasteiger partial charge in [-0.05, 0) is 12.0 Å². The van der Waals surface area contributed by atoms with Crippen LogP contribution in [0.15, 0.2) is 36.5 Å². The van der Waals surface area contributed by atoms with Crippen LogP contribution in [0.2, 0.25) is 0 Å². The molecule has 0 atom stereocenters. The van der Waals surface area contributed by atoms with E-state index in [1.165, 1.54) is 11.3 Å². The predicted octanol–water partition coefficient (Wildman–Crippen LogP) is 2.77. The van der Waals surface area contributed by atoms with Gasteiger partial charge >= 0.3 is 11.0 Å². The average molecular weight is 496 g/mol. The summed E-state index contributed by atoms with van der Waals surface area (Å²) < 4.78 is 113. The highest BCUT2D eigenvalue weighted by atomic mass is 32.3. The molecule has 2 rings (SSSR count). The Hall–Kier alpha value is -2.20. The Kier molecular flexibility index (Phi) is 8.61. The average Bonchev–Trinajstić information content (AvgIpc) is 2.93. The number of aromatic nitrogens is 3. The lowest BCUT2D eigenvalue weighted by Gasteiger charge is -2.22. The summed E-state index contributed by atoms with van der Waals surface area (Å²) in [6, 6.07) is 10.4. The molecule has 0 aliphatic rings. The zero-order chi connectivity index (χ0) is 24.1. The van der Waals surface area contributed by atoms with E-state index in [4.69, 9.17) is 0 Å². The highest BCUT2D eigenvalue weighted by Gasteiger charge is 2.46. The standard InChI is InChI=1S/C13H18N3.C2F6NO4S2/c1-3-7-13-11-16(14-15(13)2)10-12-8-5-4-6-9-12;3-1(4,5)14(10,11)9-15(12,13)2(6,7)8/h4-6,8-9,11H,3,7,10H2,1-2H3;/q+1;-1. The zero-order valence-corrected chi connectivity index (χ0v) is 17.7. The van der Waals surface area contributed by atoms with Crippen molar-refractivity contribution < 1.29 is 47.9 Å². The lowest BCUT2D eigenvalue weighted by Crippen LogP contribution is -2.36. The fourth-order valence-corrected chi connectivity index (χ4v) is 3.76. The number of hydrogen-bond donors (Lipinski definition) is 0. The van der Waals surface area contributed by atoms with Crippen molar-refractivity contribution in [2.75, 3.05) is 0 Å². The van der Waals surface area contributed by atoms with E-state index >= 15 is 0 Å². The van der Waals surface area contributed by atoms with Gasteiger partial charge in [0.25, 0.3) is 0 Å². The van der Waals surface area contributed by atoms with Crippen LogP contribution in [0.25, 0.3) is 4.13 Å². The van der Waals surface area contributed by atoms with Gasteiger partial charge in [0.05, 0.1) is 5.21 Å². The molecule has 16 heteroatoms. The SMILES string of the molecule is CCCc1c[n+](Cc2ccccc2)nn1C.O=S(=O)([N-]S(=O)(=O)C(F)(F)F)C(F)(F)F. The molecule has 0 aliphatic carbocycles. The Balaban J connectivity index is 0.000000311. The van der Waals surface area contributed by atoms with Crippen LogP contribution in [0.3, 0.4) is 0 Å². The molecule has 0 radical (unpaired) electrons. The van der Waals surface area contributed by atoms with Crippen LogP contribution in [0.5, 0.6) is 0 Å². The van der Waals surface area contributed by atoms with E-state index in [0.29, 0.717) is 0 Å². The third-order valence-electron chi connectivity index (χ3n) is 3.44. The van der Waals surface area contributed by atoms with Crippen LogP contribution in [0.1, 0.15) is 24.6 Å². The van der Waals surface area contributed by atoms with Crippen LogP contribution in [0, 0.1) is 0 Å². The lowest BCUT2D eigenvalue weighted by molar-refractivity contribution is -0.747. The number of sulfonamides is 2. The normalized spacial score (nSPS) is 12.9. The van der Waals surface area contributed by atoms with Crippen molar-refractivity contribution in [3.05, 3.63) is 51.9 Å². The van der Waals surface area contributed by atoms with Gasteiger partial charge in [0.15, 0.2) is 31.9 Å². The molecule has 0 amide bonds. The van der Waals surface area contributed by atoms with E-state index in [1.807, 2.05) is 22.5 Å². The Morgan fingerprint density at radius 2 is 1.45 bits per heavy atom. The van der Waals surface area contributed by atoms with Gasteiger partial charge in [0.2, 0.25) is 0 Å². The van der Waals surface area contributed by atoms with Crippen molar-refractivity contribution in [2.45, 2.75) is 37.3 Å². The van der Waals surface area contributed by atoms with Gasteiger partial charge in [-0.15, -0.1) is 9.36 Å². The molecule has 1 aromatic heterocycles. The molecule has 0 fully saturated rings. The number of aryl methyl sites for hydroxylation is 2. The first-order chi connectivity index (χ1) is 14.0. The van der Waals surface area contributed by atoms with E-state index in [9.17, 15) is 43.2 Å². The van der Waals surface area contributed by atoms with Crippen molar-refractivity contribution in [1.82, 2.24) is 9.90 Å². The lowest BCUT2D eigenvalue weighted by atomic mass is 10.2. The first-order valence-electron chi connectivity index (χ1n) is 8.33. The number of halogens is 6. The zero-order valence-electron chi connectivity index (χ0n) is 16.1. The largest absolute Gasteiger partial charge is 0.480 e. The molecule has 2 aromatic rings. The molecule has 0 saturated carbocycles. The summed E-state index contributed by atoms with van der Waals surface area (Å²) in [5.41, 5.74) is -9.83. The highest BCUT2D eigenvalue weighted by molar-refractivity contribution is 8.13. The van der Waals surface area contributed by atoms with E-state index in [2.05, 4.69) is 42.6 Å². The van der Waals surface area contributed by atoms with E-state index < -0.39 is 31.1 Å². The van der Waals surface area contributed by atoms with Crippen LogP contribution >= 0.6 is 0 Å². The first-order valence-corrected chi connectivity index (χ1v) is 11.2. The van der Waals surface area contributed by atoms with Gasteiger partial charge in [-0.2, -0.15) is 26.3 Å². The first kappa shape index (κ1) is 26.8. The molecule has 0 bridgehead atoms. The molecule has 1 aromatic carbocycles. The monoisotopic (exact) mass is 496 g/mol. The van der Waals surface area contributed by atoms with Crippen molar-refractivity contribution >= 4 is 20.0 Å². The Labute approximate surface area is 174 Å². The molecule has 1 heterocycles. The topological polar surface area (TPSA) is 104 Å². The van der Waals surface area contributed by atoms with Gasteiger partial charge in [-0.25, -0.2) is 16.8 Å². The third kappa shape index (κ3) is 7.77. The molecule has 31 heavy (non-hydrogen) atoms. The summed E-state index contributed by atoms with van der Waals surface area (Å²) in [5, 5.41) is 4.46. The number of nitrogens with zero attached hydrogens (tertiary/aromatic N) is 4. The quantitative estimate of drug-likeness (QED) is 0.452. The van der Waals surface area contributed by atoms with Gasteiger partial charge < -0.3 is 4.13 Å². The summed E-state index contributed by atoms with van der Waals surface area (Å²) in [6.07, 6.45) is 4.38. The van der Waals surface area contributed by atoms with E-state index in [-0.39, 0.29) is 0 Å². The van der Waals surface area contributed by atoms with Gasteiger partial charge in [-0.1, -0.05) is 37.3 Å². The Bertz CT molecular complexity index is 1020. The van der Waals surface area contributed by atoms with E-state index in [0.717, 1.165) is 23.5 Å². The molecule has 8 nitrogen and oxygen atoms in total. The number of benzene rings is 1.